The van der Waals surface area contributed by atoms with Gasteiger partial charge in [0.25, 0.3) is 5.91 Å². The number of ketones is 1. The quantitative estimate of drug-likeness (QED) is 0.690. The predicted molar refractivity (Wildman–Crippen MR) is 113 cm³/mol. The number of para-hydroxylation sites is 1. The number of hydrogen-bond donors (Lipinski definition) is 1. The minimum absolute atomic E-state index is 0.238. The smallest absolute Gasteiger partial charge is 0.264 e. The van der Waals surface area contributed by atoms with E-state index in [1.165, 1.54) is 11.8 Å². The van der Waals surface area contributed by atoms with Crippen LogP contribution in [0.15, 0.2) is 42.5 Å². The van der Waals surface area contributed by atoms with Crippen LogP contribution < -0.4 is 9.64 Å². The minimum Gasteiger partial charge on any atom is -0.494 e. The van der Waals surface area contributed by atoms with E-state index < -0.39 is 11.5 Å². The Bertz CT molecular complexity index is 910. The van der Waals surface area contributed by atoms with E-state index in [1.54, 1.807) is 18.2 Å². The van der Waals surface area contributed by atoms with Crippen LogP contribution in [0.2, 0.25) is 5.02 Å². The lowest BCUT2D eigenvalue weighted by atomic mass is 9.90. The Morgan fingerprint density at radius 1 is 1.21 bits per heavy atom. The Kier molecular flexibility index (Phi) is 6.30. The third-order valence-corrected chi connectivity index (χ3v) is 5.34. The zero-order valence-corrected chi connectivity index (χ0v) is 17.7. The molecule has 0 saturated heterocycles. The summed E-state index contributed by atoms with van der Waals surface area (Å²) in [6.45, 7) is 6.55. The number of aliphatic hydroxyl groups is 1. The monoisotopic (exact) mass is 415 g/mol. The summed E-state index contributed by atoms with van der Waals surface area (Å²) in [7, 11) is 0. The summed E-state index contributed by atoms with van der Waals surface area (Å²) in [6, 6.07) is 12.5. The number of carbonyl (C=O) groups is 2. The predicted octanol–water partition coefficient (Wildman–Crippen LogP) is 4.48. The lowest BCUT2D eigenvalue weighted by Gasteiger charge is -2.22. The molecular weight excluding hydrogens is 390 g/mol. The van der Waals surface area contributed by atoms with E-state index in [2.05, 4.69) is 13.8 Å². The molecule has 5 nitrogen and oxygen atoms in total. The fourth-order valence-electron chi connectivity index (χ4n) is 3.53. The summed E-state index contributed by atoms with van der Waals surface area (Å²) in [6.07, 6.45) is 0.701. The lowest BCUT2D eigenvalue weighted by Crippen LogP contribution is -2.41. The Hall–Kier alpha value is -2.37. The van der Waals surface area contributed by atoms with Crippen LogP contribution in [0.5, 0.6) is 5.75 Å². The van der Waals surface area contributed by atoms with E-state index in [9.17, 15) is 14.7 Å². The molecule has 1 aliphatic heterocycles. The number of fused-ring (bicyclic) bond motifs is 1. The Morgan fingerprint density at radius 2 is 1.90 bits per heavy atom. The summed E-state index contributed by atoms with van der Waals surface area (Å²) >= 11 is 6.36. The number of halogens is 1. The first-order chi connectivity index (χ1) is 13.7. The fourth-order valence-corrected chi connectivity index (χ4v) is 3.81. The summed E-state index contributed by atoms with van der Waals surface area (Å²) in [4.78, 5) is 26.2. The molecule has 0 fully saturated rings. The molecule has 1 atom stereocenters. The molecule has 29 heavy (non-hydrogen) atoms. The highest BCUT2D eigenvalue weighted by atomic mass is 35.5. The van der Waals surface area contributed by atoms with Crippen LogP contribution in [-0.2, 0) is 21.7 Å². The van der Waals surface area contributed by atoms with Crippen LogP contribution in [0.4, 0.5) is 5.69 Å². The first kappa shape index (κ1) is 21.3. The van der Waals surface area contributed by atoms with Crippen LogP contribution in [-0.4, -0.2) is 23.4 Å². The molecule has 154 valence electrons. The average molecular weight is 416 g/mol. The van der Waals surface area contributed by atoms with Gasteiger partial charge in [-0.05, 0) is 43.0 Å². The van der Waals surface area contributed by atoms with Crippen LogP contribution in [0.25, 0.3) is 0 Å². The molecule has 0 aliphatic carbocycles. The first-order valence-corrected chi connectivity index (χ1v) is 10.1. The highest BCUT2D eigenvalue weighted by molar-refractivity contribution is 6.35. The van der Waals surface area contributed by atoms with Crippen molar-refractivity contribution in [3.63, 3.8) is 0 Å². The maximum absolute atomic E-state index is 13.1. The summed E-state index contributed by atoms with van der Waals surface area (Å²) < 4.78 is 5.74. The van der Waals surface area contributed by atoms with E-state index in [0.29, 0.717) is 28.8 Å². The van der Waals surface area contributed by atoms with Crippen LogP contribution >= 0.6 is 11.6 Å². The van der Waals surface area contributed by atoms with Gasteiger partial charge in [0.05, 0.1) is 23.9 Å². The van der Waals surface area contributed by atoms with E-state index in [4.69, 9.17) is 16.3 Å². The van der Waals surface area contributed by atoms with Gasteiger partial charge in [0.1, 0.15) is 11.5 Å². The van der Waals surface area contributed by atoms with Crippen molar-refractivity contribution in [2.24, 2.45) is 5.92 Å². The highest BCUT2D eigenvalue weighted by Gasteiger charge is 2.51. The molecule has 0 radical (unpaired) electrons. The average Bonchev–Trinajstić information content (AvgIpc) is 2.85. The second kappa shape index (κ2) is 8.56. The number of ether oxygens (including phenoxy) is 1. The van der Waals surface area contributed by atoms with Gasteiger partial charge in [-0.25, -0.2) is 0 Å². The molecule has 1 unspecified atom stereocenters. The van der Waals surface area contributed by atoms with Crippen molar-refractivity contribution in [1.82, 2.24) is 0 Å². The number of hydrogen-bond acceptors (Lipinski definition) is 4. The third-order valence-electron chi connectivity index (χ3n) is 5.03. The first-order valence-electron chi connectivity index (χ1n) is 9.77. The van der Waals surface area contributed by atoms with Gasteiger partial charge in [0.15, 0.2) is 5.60 Å². The van der Waals surface area contributed by atoms with Gasteiger partial charge < -0.3 is 14.7 Å². The summed E-state index contributed by atoms with van der Waals surface area (Å²) in [5.41, 5.74) is -0.182. The molecule has 0 bridgehead atoms. The minimum atomic E-state index is -1.88. The van der Waals surface area contributed by atoms with E-state index in [-0.39, 0.29) is 18.7 Å². The SMILES string of the molecule is CC(=O)CC1(O)C(=O)N(Cc2ccc(OCCC(C)C)cc2)c2c(Cl)cccc21. The molecule has 0 saturated carbocycles. The Balaban J connectivity index is 1.82. The van der Waals surface area contributed by atoms with E-state index in [0.717, 1.165) is 17.7 Å². The zero-order chi connectivity index (χ0) is 21.2. The third kappa shape index (κ3) is 4.46. The zero-order valence-electron chi connectivity index (χ0n) is 16.9. The second-order valence-electron chi connectivity index (χ2n) is 7.94. The van der Waals surface area contributed by atoms with Crippen molar-refractivity contribution in [2.45, 2.75) is 45.8 Å². The van der Waals surface area contributed by atoms with Gasteiger partial charge in [0, 0.05) is 12.0 Å². The summed E-state index contributed by atoms with van der Waals surface area (Å²) in [5, 5.41) is 11.4. The molecule has 2 aromatic carbocycles. The normalized spacial score (nSPS) is 18.3. The number of carbonyl (C=O) groups excluding carboxylic acids is 2. The maximum Gasteiger partial charge on any atom is 0.264 e. The fraction of sp³-hybridized carbons (Fsp3) is 0.391. The number of rotatable bonds is 8. The van der Waals surface area contributed by atoms with Gasteiger partial charge in [0.2, 0.25) is 0 Å². The van der Waals surface area contributed by atoms with Gasteiger partial charge in [-0.2, -0.15) is 0 Å². The highest BCUT2D eigenvalue weighted by Crippen LogP contribution is 2.46. The van der Waals surface area contributed by atoms with Crippen molar-refractivity contribution in [1.29, 1.82) is 0 Å². The van der Waals surface area contributed by atoms with Gasteiger partial charge in [-0.3, -0.25) is 9.59 Å². The van der Waals surface area contributed by atoms with Crippen molar-refractivity contribution in [3.05, 3.63) is 58.6 Å². The maximum atomic E-state index is 13.1. The Labute approximate surface area is 176 Å². The lowest BCUT2D eigenvalue weighted by molar-refractivity contribution is -0.141. The van der Waals surface area contributed by atoms with Gasteiger partial charge in [-0.1, -0.05) is 49.7 Å². The van der Waals surface area contributed by atoms with E-state index in [1.807, 2.05) is 24.3 Å². The van der Waals surface area contributed by atoms with Crippen LogP contribution in [0, 0.1) is 5.92 Å². The number of amides is 1. The standard InChI is InChI=1S/C23H26ClNO4/c1-15(2)11-12-29-18-9-7-17(8-10-18)14-25-21-19(5-4-6-20(21)24)23(28,22(25)27)13-16(3)26/h4-10,15,28H,11-14H2,1-3H3. The van der Waals surface area contributed by atoms with Crippen molar-refractivity contribution in [2.75, 3.05) is 11.5 Å². The molecule has 0 spiro atoms. The van der Waals surface area contributed by atoms with E-state index >= 15 is 0 Å². The molecule has 2 aromatic rings. The van der Waals surface area contributed by atoms with Gasteiger partial charge >= 0.3 is 0 Å². The van der Waals surface area contributed by atoms with Crippen LogP contribution in [0.1, 0.15) is 44.7 Å². The second-order valence-corrected chi connectivity index (χ2v) is 8.35. The summed E-state index contributed by atoms with van der Waals surface area (Å²) in [5.74, 6) is 0.548. The largest absolute Gasteiger partial charge is 0.494 e. The van der Waals surface area contributed by atoms with Crippen molar-refractivity contribution < 1.29 is 19.4 Å². The topological polar surface area (TPSA) is 66.8 Å². The molecule has 1 aliphatic rings. The molecule has 3 rings (SSSR count). The number of Topliss-reactive ketones (excluding diaryl/α,β-unsaturated/α-hetero) is 1. The number of nitrogens with zero attached hydrogens (tertiary/aromatic N) is 1. The number of anilines is 1. The molecule has 0 aromatic heterocycles. The molecule has 1 N–H and O–H groups in total. The molecule has 6 heteroatoms. The van der Waals surface area contributed by atoms with Crippen molar-refractivity contribution in [3.8, 4) is 5.75 Å². The van der Waals surface area contributed by atoms with Crippen molar-refractivity contribution >= 4 is 29.0 Å². The molecule has 1 heterocycles. The molecule has 1 amide bonds. The van der Waals surface area contributed by atoms with Crippen LogP contribution in [0.3, 0.4) is 0 Å². The Morgan fingerprint density at radius 3 is 2.52 bits per heavy atom. The molecular formula is C23H26ClNO4. The van der Waals surface area contributed by atoms with Gasteiger partial charge in [-0.15, -0.1) is 0 Å². The number of benzene rings is 2.